The summed E-state index contributed by atoms with van der Waals surface area (Å²) in [5.41, 5.74) is 0. The van der Waals surface area contributed by atoms with Crippen molar-refractivity contribution < 1.29 is 60.0 Å². The van der Waals surface area contributed by atoms with Gasteiger partial charge in [0, 0.05) is 51.0 Å². The van der Waals surface area contributed by atoms with E-state index in [1.165, 1.54) is 67.1 Å². The molecule has 0 atom stereocenters. The average molecular weight is 1420 g/mol. The first kappa shape index (κ1) is 62.4. The molecule has 0 radical (unpaired) electrons. The standard InChI is InChI=1S/2C31H32N2P2.3Ag.3ClH/c2*1-5-13-28(14-6-1)34(29-15-7-2-8-16-29)25-23-32-21-22-33(27-32)24-26-35(30-17-9-3-10-18-30)31-19-11-4-12-20-31;;;;;;/h2*1-22H,23-27H2;;;;3*1H/q;;3*+1;;;/p-3. The average Bonchev–Trinajstić information content (AvgIpc) is 4.19. The molecule has 0 N–H and O–H groups in total. The van der Waals surface area contributed by atoms with Crippen molar-refractivity contribution >= 4 is 102 Å². The van der Waals surface area contributed by atoms with Gasteiger partial charge in [-0.1, -0.05) is 243 Å². The molecule has 2 aliphatic rings. The SMILES string of the molecule is C1=CN(CCP(c2ccccc2)c2ccccc2)CN1CCP(c1ccccc1)c1ccccc1.C1=CN(CCP(c2ccccc2)c2ccccc2)CN1CCP(c1ccccc1)c1ccccc1.[Cl][Ag].[Cl][Ag].[Cl][Ag]. The van der Waals surface area contributed by atoms with Gasteiger partial charge in [0.2, 0.25) is 0 Å². The van der Waals surface area contributed by atoms with E-state index in [4.69, 9.17) is 0 Å². The Hall–Kier alpha value is -2.75. The molecule has 0 saturated carbocycles. The van der Waals surface area contributed by atoms with E-state index in [0.29, 0.717) is 0 Å². The molecule has 76 heavy (non-hydrogen) atoms. The van der Waals surface area contributed by atoms with Gasteiger partial charge in [-0.3, -0.25) is 0 Å². The van der Waals surface area contributed by atoms with E-state index < -0.39 is 0 Å². The molecule has 0 amide bonds. The third kappa shape index (κ3) is 20.4. The first-order valence-corrected chi connectivity index (χ1v) is 36.7. The van der Waals surface area contributed by atoms with Crippen molar-refractivity contribution in [3.63, 3.8) is 0 Å². The minimum absolute atomic E-state index is 0.351. The quantitative estimate of drug-likeness (QED) is 0.0557. The van der Waals surface area contributed by atoms with Gasteiger partial charge in [0.1, 0.15) is 0 Å². The molecule has 0 bridgehead atoms. The summed E-state index contributed by atoms with van der Waals surface area (Å²) in [4.78, 5) is 9.92. The summed E-state index contributed by atoms with van der Waals surface area (Å²) >= 11 is 7.27. The van der Waals surface area contributed by atoms with Crippen LogP contribution in [0.15, 0.2) is 267 Å². The molecule has 8 aromatic rings. The van der Waals surface area contributed by atoms with Crippen LogP contribution >= 0.6 is 59.3 Å². The van der Waals surface area contributed by atoms with Crippen LogP contribution in [0, 0.1) is 0 Å². The molecule has 0 aliphatic carbocycles. The van der Waals surface area contributed by atoms with E-state index in [-0.39, 0.29) is 31.7 Å². The van der Waals surface area contributed by atoms with Crippen LogP contribution in [0.1, 0.15) is 0 Å². The third-order valence-electron chi connectivity index (χ3n) is 12.7. The molecule has 4 nitrogen and oxygen atoms in total. The monoisotopic (exact) mass is 1410 g/mol. The molecule has 8 aromatic carbocycles. The predicted octanol–water partition coefficient (Wildman–Crippen LogP) is 12.7. The molecule has 2 aliphatic heterocycles. The van der Waals surface area contributed by atoms with E-state index >= 15 is 0 Å². The van der Waals surface area contributed by atoms with Crippen molar-refractivity contribution in [2.75, 3.05) is 64.2 Å². The van der Waals surface area contributed by atoms with Gasteiger partial charge in [0.05, 0.1) is 13.3 Å². The van der Waals surface area contributed by atoms with Gasteiger partial charge in [-0.2, -0.15) is 0 Å². The fraction of sp³-hybridized carbons (Fsp3) is 0.161. The summed E-state index contributed by atoms with van der Waals surface area (Å²) in [5, 5.41) is 11.7. The molecule has 406 valence electrons. The summed E-state index contributed by atoms with van der Waals surface area (Å²) < 4.78 is 0. The molecule has 14 heteroatoms. The summed E-state index contributed by atoms with van der Waals surface area (Å²) in [6.45, 7) is 6.28. The van der Waals surface area contributed by atoms with E-state index in [9.17, 15) is 0 Å². The van der Waals surface area contributed by atoms with Gasteiger partial charge in [-0.25, -0.2) is 0 Å². The van der Waals surface area contributed by atoms with Crippen LogP contribution in [0.4, 0.5) is 0 Å². The van der Waals surface area contributed by atoms with Gasteiger partial charge >= 0.3 is 87.5 Å². The van der Waals surface area contributed by atoms with E-state index in [1.54, 1.807) is 0 Å². The zero-order valence-electron chi connectivity index (χ0n) is 42.1. The van der Waals surface area contributed by atoms with Crippen molar-refractivity contribution in [2.24, 2.45) is 0 Å². The Bertz CT molecular complexity index is 2250. The molecule has 0 aromatic heterocycles. The summed E-state index contributed by atoms with van der Waals surface area (Å²) in [6, 6.07) is 88.3. The molecule has 10 rings (SSSR count). The molecule has 0 saturated heterocycles. The van der Waals surface area contributed by atoms with Crippen LogP contribution < -0.4 is 42.4 Å². The van der Waals surface area contributed by atoms with Crippen molar-refractivity contribution in [3.05, 3.63) is 267 Å². The number of hydrogen-bond acceptors (Lipinski definition) is 4. The maximum absolute atomic E-state index is 4.45. The van der Waals surface area contributed by atoms with Crippen LogP contribution in [0.3, 0.4) is 0 Å². The van der Waals surface area contributed by atoms with Gasteiger partial charge in [-0.05, 0) is 98.8 Å². The van der Waals surface area contributed by atoms with Gasteiger partial charge in [0.15, 0.2) is 0 Å². The topological polar surface area (TPSA) is 13.0 Å². The first-order chi connectivity index (χ1) is 37.7. The Labute approximate surface area is 507 Å². The summed E-state index contributed by atoms with van der Waals surface area (Å²) in [6.07, 6.45) is 13.8. The Balaban J connectivity index is 0.000000225. The van der Waals surface area contributed by atoms with E-state index in [1.807, 2.05) is 0 Å². The fourth-order valence-corrected chi connectivity index (χ4v) is 18.4. The van der Waals surface area contributed by atoms with Gasteiger partial charge in [-0.15, -0.1) is 0 Å². The normalized spacial score (nSPS) is 12.4. The van der Waals surface area contributed by atoms with Crippen molar-refractivity contribution in [1.29, 1.82) is 0 Å². The fourth-order valence-electron chi connectivity index (χ4n) is 9.02. The second-order valence-electron chi connectivity index (χ2n) is 17.4. The molecule has 2 heterocycles. The summed E-state index contributed by atoms with van der Waals surface area (Å²) in [5.74, 6) is 0. The van der Waals surface area contributed by atoms with E-state index in [2.05, 4.69) is 375 Å². The van der Waals surface area contributed by atoms with Crippen molar-refractivity contribution in [2.45, 2.75) is 0 Å². The molecular weight excluding hydrogens is 1350 g/mol. The van der Waals surface area contributed by atoms with Crippen LogP contribution in [0.25, 0.3) is 0 Å². The van der Waals surface area contributed by atoms with Crippen molar-refractivity contribution in [1.82, 2.24) is 19.6 Å². The Morgan fingerprint density at radius 2 is 0.368 bits per heavy atom. The van der Waals surface area contributed by atoms with Crippen LogP contribution in [-0.4, -0.2) is 83.8 Å². The third-order valence-corrected chi connectivity index (χ3v) is 22.7. The van der Waals surface area contributed by atoms with Crippen molar-refractivity contribution in [3.8, 4) is 0 Å². The number of benzene rings is 8. The van der Waals surface area contributed by atoms with Gasteiger partial charge in [0.25, 0.3) is 0 Å². The van der Waals surface area contributed by atoms with Gasteiger partial charge < -0.3 is 19.6 Å². The second kappa shape index (κ2) is 37.2. The van der Waals surface area contributed by atoms with E-state index in [0.717, 1.165) is 39.5 Å². The Morgan fingerprint density at radius 1 is 0.237 bits per heavy atom. The molecule has 0 fully saturated rings. The molecule has 0 spiro atoms. The predicted molar refractivity (Wildman–Crippen MR) is 328 cm³/mol. The molecule has 0 unspecified atom stereocenters. The van der Waals surface area contributed by atoms with Crippen LogP contribution in [0.5, 0.6) is 0 Å². The first-order valence-electron chi connectivity index (χ1n) is 24.9. The zero-order valence-corrected chi connectivity index (χ0v) is 52.4. The Morgan fingerprint density at radius 3 is 0.500 bits per heavy atom. The number of rotatable bonds is 20. The Kier molecular flexibility index (Phi) is 30.6. The maximum atomic E-state index is 4.45. The second-order valence-corrected chi connectivity index (χ2v) is 26.8. The number of halogens is 3. The number of hydrogen-bond donors (Lipinski definition) is 0. The zero-order chi connectivity index (χ0) is 53.4. The molecular formula is C62H64Ag3Cl3N4P4. The number of nitrogens with zero attached hydrogens (tertiary/aromatic N) is 4. The minimum atomic E-state index is -0.351. The summed E-state index contributed by atoms with van der Waals surface area (Å²) in [7, 11) is 11.9. The van der Waals surface area contributed by atoms with Crippen LogP contribution in [-0.2, 0) is 60.0 Å². The van der Waals surface area contributed by atoms with Crippen LogP contribution in [0.2, 0.25) is 0 Å².